The fourth-order valence-corrected chi connectivity index (χ4v) is 5.44. The maximum Gasteiger partial charge on any atom is 0.295 e. The maximum absolute atomic E-state index is 14.7. The number of morpholine rings is 1. The molecule has 172 valence electrons. The van der Waals surface area contributed by atoms with Gasteiger partial charge in [-0.15, -0.1) is 0 Å². The number of nitro benzene ring substituents is 1. The highest BCUT2D eigenvalue weighted by Gasteiger charge is 2.32. The second-order valence-corrected chi connectivity index (χ2v) is 9.79. The fraction of sp³-hybridized carbons (Fsp3) is 0.429. The molecule has 2 saturated heterocycles. The predicted octanol–water partition coefficient (Wildman–Crippen LogP) is 2.39. The van der Waals surface area contributed by atoms with Gasteiger partial charge in [-0.05, 0) is 25.1 Å². The van der Waals surface area contributed by atoms with E-state index in [4.69, 9.17) is 4.74 Å². The summed E-state index contributed by atoms with van der Waals surface area (Å²) in [5, 5.41) is 11.6. The Morgan fingerprint density at radius 2 is 1.53 bits per heavy atom. The molecule has 0 amide bonds. The molecule has 0 aliphatic carbocycles. The molecule has 11 heteroatoms. The normalized spacial score (nSPS) is 18.1. The molecule has 2 heterocycles. The summed E-state index contributed by atoms with van der Waals surface area (Å²) >= 11 is 0. The van der Waals surface area contributed by atoms with Gasteiger partial charge in [-0.3, -0.25) is 10.1 Å². The van der Waals surface area contributed by atoms with Crippen LogP contribution in [0, 0.1) is 22.9 Å². The second kappa shape index (κ2) is 9.00. The zero-order valence-corrected chi connectivity index (χ0v) is 18.6. The molecule has 4 rings (SSSR count). The van der Waals surface area contributed by atoms with Gasteiger partial charge in [0, 0.05) is 39.3 Å². The summed E-state index contributed by atoms with van der Waals surface area (Å²) in [5.74, 6) is -0.650. The van der Waals surface area contributed by atoms with Crippen LogP contribution in [0.5, 0.6) is 0 Å². The number of nitrogens with zero attached hydrogens (tertiary/aromatic N) is 4. The highest BCUT2D eigenvalue weighted by molar-refractivity contribution is 7.89. The summed E-state index contributed by atoms with van der Waals surface area (Å²) in [6.45, 7) is 4.68. The summed E-state index contributed by atoms with van der Waals surface area (Å²) in [4.78, 5) is 14.8. The number of hydrogen-bond donors (Lipinski definition) is 0. The molecule has 2 aromatic rings. The van der Waals surface area contributed by atoms with Gasteiger partial charge in [0.25, 0.3) is 5.69 Å². The third-order valence-corrected chi connectivity index (χ3v) is 7.74. The molecule has 0 aromatic heterocycles. The van der Waals surface area contributed by atoms with Crippen LogP contribution >= 0.6 is 0 Å². The Bertz CT molecular complexity index is 1100. The Labute approximate surface area is 186 Å². The number of hydrogen-bond acceptors (Lipinski definition) is 7. The van der Waals surface area contributed by atoms with Crippen molar-refractivity contribution in [3.63, 3.8) is 0 Å². The molecule has 0 unspecified atom stereocenters. The highest BCUT2D eigenvalue weighted by atomic mass is 32.2. The Morgan fingerprint density at radius 3 is 2.12 bits per heavy atom. The van der Waals surface area contributed by atoms with Crippen molar-refractivity contribution in [3.05, 3.63) is 57.9 Å². The average molecular weight is 465 g/mol. The summed E-state index contributed by atoms with van der Waals surface area (Å²) in [6.07, 6.45) is 0. The number of aryl methyl sites for hydroxylation is 1. The van der Waals surface area contributed by atoms with Gasteiger partial charge < -0.3 is 14.5 Å². The molecule has 0 bridgehead atoms. The van der Waals surface area contributed by atoms with Crippen LogP contribution in [-0.4, -0.2) is 70.1 Å². The number of benzene rings is 2. The summed E-state index contributed by atoms with van der Waals surface area (Å²) in [7, 11) is -3.65. The number of rotatable bonds is 5. The minimum atomic E-state index is -3.65. The van der Waals surface area contributed by atoms with Gasteiger partial charge in [0.2, 0.25) is 10.0 Å². The van der Waals surface area contributed by atoms with Gasteiger partial charge in [-0.25, -0.2) is 12.8 Å². The van der Waals surface area contributed by atoms with Gasteiger partial charge in [0.15, 0.2) is 5.82 Å². The number of ether oxygens (including phenoxy) is 1. The lowest BCUT2D eigenvalue weighted by atomic mass is 10.1. The van der Waals surface area contributed by atoms with Gasteiger partial charge >= 0.3 is 0 Å². The number of sulfonamides is 1. The smallest absolute Gasteiger partial charge is 0.295 e. The van der Waals surface area contributed by atoms with Crippen LogP contribution in [0.2, 0.25) is 0 Å². The number of halogens is 1. The first-order chi connectivity index (χ1) is 15.3. The molecule has 0 radical (unpaired) electrons. The Hall–Kier alpha value is -2.76. The van der Waals surface area contributed by atoms with E-state index in [-0.39, 0.29) is 36.8 Å². The van der Waals surface area contributed by atoms with Crippen LogP contribution in [-0.2, 0) is 14.8 Å². The van der Waals surface area contributed by atoms with E-state index in [2.05, 4.69) is 0 Å². The van der Waals surface area contributed by atoms with Gasteiger partial charge in [0.05, 0.1) is 34.8 Å². The van der Waals surface area contributed by atoms with Crippen molar-refractivity contribution in [1.82, 2.24) is 4.31 Å². The zero-order chi connectivity index (χ0) is 22.9. The predicted molar refractivity (Wildman–Crippen MR) is 118 cm³/mol. The summed E-state index contributed by atoms with van der Waals surface area (Å²) < 4.78 is 47.3. The van der Waals surface area contributed by atoms with Crippen LogP contribution in [0.25, 0.3) is 0 Å². The maximum atomic E-state index is 14.7. The molecule has 0 spiro atoms. The van der Waals surface area contributed by atoms with E-state index >= 15 is 0 Å². The average Bonchev–Trinajstić information content (AvgIpc) is 2.80. The van der Waals surface area contributed by atoms with Crippen LogP contribution < -0.4 is 9.80 Å². The topological polar surface area (TPSA) is 96.2 Å². The van der Waals surface area contributed by atoms with Crippen LogP contribution in [0.15, 0.2) is 41.3 Å². The molecule has 2 fully saturated rings. The van der Waals surface area contributed by atoms with Gasteiger partial charge in [-0.2, -0.15) is 4.31 Å². The first-order valence-corrected chi connectivity index (χ1v) is 11.8. The lowest BCUT2D eigenvalue weighted by Gasteiger charge is -2.36. The lowest BCUT2D eigenvalue weighted by Crippen LogP contribution is -2.48. The highest BCUT2D eigenvalue weighted by Crippen LogP contribution is 2.36. The Balaban J connectivity index is 1.57. The molecule has 0 atom stereocenters. The number of piperazine rings is 1. The van der Waals surface area contributed by atoms with Crippen molar-refractivity contribution in [3.8, 4) is 0 Å². The molecular formula is C21H25FN4O5S. The van der Waals surface area contributed by atoms with Crippen molar-refractivity contribution >= 4 is 27.1 Å². The summed E-state index contributed by atoms with van der Waals surface area (Å²) in [6, 6.07) is 9.11. The van der Waals surface area contributed by atoms with Crippen LogP contribution in [0.3, 0.4) is 0 Å². The molecular weight excluding hydrogens is 439 g/mol. The zero-order valence-electron chi connectivity index (χ0n) is 17.7. The van der Waals surface area contributed by atoms with E-state index in [0.717, 1.165) is 11.6 Å². The fourth-order valence-electron chi connectivity index (χ4n) is 4.02. The van der Waals surface area contributed by atoms with Crippen molar-refractivity contribution in [1.29, 1.82) is 0 Å². The monoisotopic (exact) mass is 464 g/mol. The van der Waals surface area contributed by atoms with Gasteiger partial charge in [-0.1, -0.05) is 17.7 Å². The van der Waals surface area contributed by atoms with Crippen molar-refractivity contribution < 1.29 is 22.5 Å². The van der Waals surface area contributed by atoms with E-state index in [1.807, 2.05) is 11.8 Å². The third kappa shape index (κ3) is 4.41. The van der Waals surface area contributed by atoms with E-state index in [0.29, 0.717) is 37.7 Å². The molecule has 9 nitrogen and oxygen atoms in total. The standard InChI is InChI=1S/C21H25FN4O5S/c1-16-2-4-17(5-3-16)32(29,30)25-8-6-23(7-9-25)20-15-19(24-10-12-31-13-11-24)18(22)14-21(20)26(27)28/h2-5,14-15H,6-13H2,1H3. The number of nitro groups is 1. The van der Waals surface area contributed by atoms with Crippen molar-refractivity contribution in [2.24, 2.45) is 0 Å². The summed E-state index contributed by atoms with van der Waals surface area (Å²) in [5.41, 5.74) is 1.23. The Kier molecular flexibility index (Phi) is 6.31. The molecule has 2 aliphatic rings. The van der Waals surface area contributed by atoms with E-state index < -0.39 is 20.8 Å². The SMILES string of the molecule is Cc1ccc(S(=O)(=O)N2CCN(c3cc(N4CCOCC4)c(F)cc3[N+](=O)[O-])CC2)cc1. The molecule has 0 N–H and O–H groups in total. The molecule has 32 heavy (non-hydrogen) atoms. The molecule has 2 aliphatic heterocycles. The molecule has 0 saturated carbocycles. The largest absolute Gasteiger partial charge is 0.378 e. The van der Waals surface area contributed by atoms with E-state index in [9.17, 15) is 22.9 Å². The van der Waals surface area contributed by atoms with Crippen molar-refractivity contribution in [2.75, 3.05) is 62.3 Å². The first-order valence-electron chi connectivity index (χ1n) is 10.4. The second-order valence-electron chi connectivity index (χ2n) is 7.85. The van der Waals surface area contributed by atoms with E-state index in [1.54, 1.807) is 29.2 Å². The van der Waals surface area contributed by atoms with E-state index in [1.165, 1.54) is 10.4 Å². The van der Waals surface area contributed by atoms with Gasteiger partial charge in [0.1, 0.15) is 5.69 Å². The third-order valence-electron chi connectivity index (χ3n) is 5.83. The lowest BCUT2D eigenvalue weighted by molar-refractivity contribution is -0.384. The van der Waals surface area contributed by atoms with Crippen molar-refractivity contribution in [2.45, 2.75) is 11.8 Å². The molecule has 2 aromatic carbocycles. The van der Waals surface area contributed by atoms with Crippen LogP contribution in [0.1, 0.15) is 5.56 Å². The van der Waals surface area contributed by atoms with Crippen LogP contribution in [0.4, 0.5) is 21.5 Å². The Morgan fingerprint density at radius 1 is 0.938 bits per heavy atom. The number of anilines is 2. The minimum absolute atomic E-state index is 0.178. The quantitative estimate of drug-likeness (QED) is 0.495. The minimum Gasteiger partial charge on any atom is -0.378 e. The first kappa shape index (κ1) is 22.4.